The second kappa shape index (κ2) is 9.26. The van der Waals surface area contributed by atoms with Crippen molar-refractivity contribution in [2.45, 2.75) is 25.7 Å². The molecule has 0 aliphatic carbocycles. The number of ether oxygens (including phenoxy) is 3. The number of nitro benzene ring substituents is 1. The molecule has 1 saturated heterocycles. The van der Waals surface area contributed by atoms with Crippen LogP contribution in [-0.2, 0) is 20.9 Å². The Kier molecular flexibility index (Phi) is 6.53. The Morgan fingerprint density at radius 2 is 1.86 bits per heavy atom. The molecule has 2 aromatic rings. The van der Waals surface area contributed by atoms with Crippen LogP contribution >= 0.6 is 0 Å². The topological polar surface area (TPSA) is 112 Å². The Hall–Kier alpha value is -3.30. The highest BCUT2D eigenvalue weighted by atomic mass is 16.7. The van der Waals surface area contributed by atoms with Crippen LogP contribution in [0, 0.1) is 10.1 Å². The van der Waals surface area contributed by atoms with Gasteiger partial charge in [-0.3, -0.25) is 14.9 Å². The van der Waals surface area contributed by atoms with Crippen LogP contribution in [0.4, 0.5) is 5.69 Å². The number of non-ortho nitro benzene ring substituents is 1. The number of hydrogen-bond acceptors (Lipinski definition) is 7. The van der Waals surface area contributed by atoms with Crippen molar-refractivity contribution in [3.05, 3.63) is 69.8 Å². The van der Waals surface area contributed by atoms with Gasteiger partial charge in [0, 0.05) is 12.1 Å². The van der Waals surface area contributed by atoms with Gasteiger partial charge < -0.3 is 14.2 Å². The third-order valence-electron chi connectivity index (χ3n) is 4.22. The van der Waals surface area contributed by atoms with Crippen molar-refractivity contribution in [2.24, 2.45) is 5.10 Å². The predicted octanol–water partition coefficient (Wildman–Crippen LogP) is 2.78. The summed E-state index contributed by atoms with van der Waals surface area (Å²) in [5.74, 6) is -0.538. The van der Waals surface area contributed by atoms with E-state index in [0.717, 1.165) is 11.1 Å². The van der Waals surface area contributed by atoms with E-state index in [1.54, 1.807) is 43.3 Å². The molecule has 0 saturated carbocycles. The molecule has 9 heteroatoms. The van der Waals surface area contributed by atoms with Gasteiger partial charge >= 0.3 is 0 Å². The molecule has 0 spiro atoms. The average Bonchev–Trinajstić information content (AvgIpc) is 3.13. The molecule has 1 aliphatic rings. The SMILES string of the molecule is CC1(CC(=O)N/N=C\c2ccc(OCc3ccc([N+](=O)[O-])cc3)cc2)OCCO1. The molecule has 9 nitrogen and oxygen atoms in total. The molecule has 0 aromatic heterocycles. The number of nitrogens with zero attached hydrogens (tertiary/aromatic N) is 2. The van der Waals surface area contributed by atoms with Gasteiger partial charge in [-0.05, 0) is 54.4 Å². The molecular weight excluding hydrogens is 378 g/mol. The Balaban J connectivity index is 1.45. The highest BCUT2D eigenvalue weighted by molar-refractivity contribution is 5.82. The summed E-state index contributed by atoms with van der Waals surface area (Å²) in [5, 5.41) is 14.6. The first kappa shape index (κ1) is 20.4. The molecule has 1 fully saturated rings. The van der Waals surface area contributed by atoms with E-state index < -0.39 is 10.7 Å². The number of rotatable bonds is 8. The fraction of sp³-hybridized carbons (Fsp3) is 0.300. The maximum absolute atomic E-state index is 11.9. The maximum atomic E-state index is 11.9. The van der Waals surface area contributed by atoms with Crippen molar-refractivity contribution >= 4 is 17.8 Å². The lowest BCUT2D eigenvalue weighted by molar-refractivity contribution is -0.384. The summed E-state index contributed by atoms with van der Waals surface area (Å²) >= 11 is 0. The molecular formula is C20H21N3O6. The van der Waals surface area contributed by atoms with Crippen LogP contribution in [0.1, 0.15) is 24.5 Å². The zero-order valence-corrected chi connectivity index (χ0v) is 15.9. The normalized spacial score (nSPS) is 15.3. The van der Waals surface area contributed by atoms with E-state index in [2.05, 4.69) is 10.5 Å². The fourth-order valence-corrected chi connectivity index (χ4v) is 2.70. The monoisotopic (exact) mass is 399 g/mol. The lowest BCUT2D eigenvalue weighted by atomic mass is 10.2. The molecule has 3 rings (SSSR count). The first-order valence-corrected chi connectivity index (χ1v) is 9.00. The molecule has 1 amide bonds. The minimum Gasteiger partial charge on any atom is -0.489 e. The predicted molar refractivity (Wildman–Crippen MR) is 105 cm³/mol. The van der Waals surface area contributed by atoms with Gasteiger partial charge in [0.05, 0.1) is 30.8 Å². The van der Waals surface area contributed by atoms with Crippen LogP contribution in [0.25, 0.3) is 0 Å². The summed E-state index contributed by atoms with van der Waals surface area (Å²) in [6.45, 7) is 2.97. The van der Waals surface area contributed by atoms with Crippen LogP contribution in [0.5, 0.6) is 5.75 Å². The Morgan fingerprint density at radius 3 is 2.48 bits per heavy atom. The van der Waals surface area contributed by atoms with E-state index in [1.165, 1.54) is 18.3 Å². The highest BCUT2D eigenvalue weighted by Gasteiger charge is 2.33. The zero-order chi connectivity index (χ0) is 20.7. The second-order valence-electron chi connectivity index (χ2n) is 6.58. The van der Waals surface area contributed by atoms with Gasteiger partial charge in [-0.1, -0.05) is 0 Å². The van der Waals surface area contributed by atoms with Crippen LogP contribution in [0.3, 0.4) is 0 Å². The number of benzene rings is 2. The number of nitro groups is 1. The smallest absolute Gasteiger partial charge is 0.269 e. The molecule has 1 heterocycles. The average molecular weight is 399 g/mol. The lowest BCUT2D eigenvalue weighted by Crippen LogP contribution is -2.33. The van der Waals surface area contributed by atoms with E-state index in [0.29, 0.717) is 25.6 Å². The molecule has 0 unspecified atom stereocenters. The summed E-state index contributed by atoms with van der Waals surface area (Å²) in [5.41, 5.74) is 4.10. The largest absolute Gasteiger partial charge is 0.489 e. The summed E-state index contributed by atoms with van der Waals surface area (Å²) in [6.07, 6.45) is 1.59. The van der Waals surface area contributed by atoms with Gasteiger partial charge in [0.25, 0.3) is 5.69 Å². The van der Waals surface area contributed by atoms with E-state index in [1.807, 2.05) is 0 Å². The van der Waals surface area contributed by atoms with Gasteiger partial charge in [-0.25, -0.2) is 5.43 Å². The molecule has 29 heavy (non-hydrogen) atoms. The Morgan fingerprint density at radius 1 is 1.21 bits per heavy atom. The molecule has 152 valence electrons. The lowest BCUT2D eigenvalue weighted by Gasteiger charge is -2.20. The van der Waals surface area contributed by atoms with Crippen molar-refractivity contribution in [1.82, 2.24) is 5.43 Å². The van der Waals surface area contributed by atoms with Gasteiger partial charge in [-0.15, -0.1) is 0 Å². The van der Waals surface area contributed by atoms with Gasteiger partial charge in [-0.2, -0.15) is 5.10 Å². The van der Waals surface area contributed by atoms with Gasteiger partial charge in [0.15, 0.2) is 5.79 Å². The quantitative estimate of drug-likeness (QED) is 0.415. The first-order valence-electron chi connectivity index (χ1n) is 9.00. The minimum atomic E-state index is -0.887. The summed E-state index contributed by atoms with van der Waals surface area (Å²) < 4.78 is 16.4. The van der Waals surface area contributed by atoms with Crippen molar-refractivity contribution in [3.63, 3.8) is 0 Å². The maximum Gasteiger partial charge on any atom is 0.269 e. The number of carbonyl (C=O) groups excluding carboxylic acids is 1. The zero-order valence-electron chi connectivity index (χ0n) is 15.9. The van der Waals surface area contributed by atoms with E-state index in [4.69, 9.17) is 14.2 Å². The van der Waals surface area contributed by atoms with Gasteiger partial charge in [0.2, 0.25) is 5.91 Å². The number of nitrogens with one attached hydrogen (secondary N) is 1. The van der Waals surface area contributed by atoms with E-state index >= 15 is 0 Å². The molecule has 0 atom stereocenters. The third kappa shape index (κ3) is 6.09. The number of hydrogen-bond donors (Lipinski definition) is 1. The summed E-state index contributed by atoms with van der Waals surface area (Å²) in [7, 11) is 0. The van der Waals surface area contributed by atoms with Crippen LogP contribution in [0.15, 0.2) is 53.6 Å². The fourth-order valence-electron chi connectivity index (χ4n) is 2.70. The molecule has 0 radical (unpaired) electrons. The minimum absolute atomic E-state index is 0.0434. The van der Waals surface area contributed by atoms with Crippen LogP contribution < -0.4 is 10.2 Å². The van der Waals surface area contributed by atoms with Crippen molar-refractivity contribution < 1.29 is 23.9 Å². The first-order chi connectivity index (χ1) is 13.9. The van der Waals surface area contributed by atoms with E-state index in [-0.39, 0.29) is 18.0 Å². The molecule has 1 aliphatic heterocycles. The Labute approximate surface area is 167 Å². The van der Waals surface area contributed by atoms with Crippen molar-refractivity contribution in [2.75, 3.05) is 13.2 Å². The van der Waals surface area contributed by atoms with Crippen LogP contribution in [-0.4, -0.2) is 36.0 Å². The highest BCUT2D eigenvalue weighted by Crippen LogP contribution is 2.22. The number of hydrazone groups is 1. The van der Waals surface area contributed by atoms with E-state index in [9.17, 15) is 14.9 Å². The van der Waals surface area contributed by atoms with Crippen molar-refractivity contribution in [3.8, 4) is 5.75 Å². The third-order valence-corrected chi connectivity index (χ3v) is 4.22. The number of carbonyl (C=O) groups is 1. The molecule has 1 N–H and O–H groups in total. The summed E-state index contributed by atoms with van der Waals surface area (Å²) in [6, 6.07) is 13.3. The second-order valence-corrected chi connectivity index (χ2v) is 6.58. The van der Waals surface area contributed by atoms with Crippen LogP contribution in [0.2, 0.25) is 0 Å². The van der Waals surface area contributed by atoms with Gasteiger partial charge in [0.1, 0.15) is 12.4 Å². The Bertz CT molecular complexity index is 874. The number of amides is 1. The molecule has 2 aromatic carbocycles. The summed E-state index contributed by atoms with van der Waals surface area (Å²) in [4.78, 5) is 22.1. The molecule has 0 bridgehead atoms. The standard InChI is InChI=1S/C20H21N3O6/c1-20(28-10-11-29-20)12-19(24)22-21-13-15-4-8-18(9-5-15)27-14-16-2-6-17(7-3-16)23(25)26/h2-9,13H,10-12,14H2,1H3,(H,22,24)/b21-13-. The van der Waals surface area contributed by atoms with Crippen molar-refractivity contribution in [1.29, 1.82) is 0 Å².